The van der Waals surface area contributed by atoms with Gasteiger partial charge in [0.2, 0.25) is 5.78 Å². The highest BCUT2D eigenvalue weighted by atomic mass is 29.1. The molecule has 10 heavy (non-hydrogen) atoms. The molecular formula is C4H6O4Si2. The van der Waals surface area contributed by atoms with Crippen molar-refractivity contribution >= 4 is 35.0 Å². The van der Waals surface area contributed by atoms with Crippen molar-refractivity contribution in [2.24, 2.45) is 0 Å². The summed E-state index contributed by atoms with van der Waals surface area (Å²) in [5.74, 6) is -1.83. The summed E-state index contributed by atoms with van der Waals surface area (Å²) in [5.41, 5.74) is -1.04. The molecule has 0 aromatic carbocycles. The van der Waals surface area contributed by atoms with Gasteiger partial charge >= 0.3 is 0 Å². The number of hydrogen-bond acceptors (Lipinski definition) is 4. The topological polar surface area (TPSA) is 71.4 Å². The van der Waals surface area contributed by atoms with Crippen molar-refractivity contribution in [3.63, 3.8) is 0 Å². The first-order valence-electron chi connectivity index (χ1n) is 2.92. The number of rotatable bonds is 0. The molecule has 0 radical (unpaired) electrons. The molecule has 4 nitrogen and oxygen atoms in total. The van der Waals surface area contributed by atoms with Crippen LogP contribution in [0.4, 0.5) is 0 Å². The number of aliphatic hydroxyl groups excluding tert-OH is 1. The third-order valence-corrected chi connectivity index (χ3v) is 7.28. The SMILES string of the molecule is O=C1[SiH2][SiH2]C(O)C(=O)C1=O. The molecule has 1 unspecified atom stereocenters. The van der Waals surface area contributed by atoms with Crippen LogP contribution < -0.4 is 0 Å². The molecule has 1 aliphatic heterocycles. The molecule has 0 spiro atoms. The van der Waals surface area contributed by atoms with Gasteiger partial charge in [-0.1, -0.05) is 0 Å². The van der Waals surface area contributed by atoms with Crippen LogP contribution in [0.25, 0.3) is 0 Å². The van der Waals surface area contributed by atoms with E-state index in [2.05, 4.69) is 0 Å². The number of carbonyl (C=O) groups excluding carboxylic acids is 3. The molecule has 54 valence electrons. The minimum Gasteiger partial charge on any atom is -0.389 e. The van der Waals surface area contributed by atoms with Gasteiger partial charge in [0.1, 0.15) is 14.8 Å². The molecule has 1 rings (SSSR count). The summed E-state index contributed by atoms with van der Waals surface area (Å²) >= 11 is 0. The molecule has 6 heteroatoms. The Morgan fingerprint density at radius 2 is 1.90 bits per heavy atom. The Bertz CT molecular complexity index is 211. The highest BCUT2D eigenvalue weighted by Crippen LogP contribution is 1.93. The number of Topliss-reactive ketones (excluding diaryl/α,β-unsaturated/α-hetero) is 2. The predicted molar refractivity (Wildman–Crippen MR) is 38.1 cm³/mol. The van der Waals surface area contributed by atoms with Gasteiger partial charge in [0.15, 0.2) is 5.41 Å². The number of hydrogen-bond donors (Lipinski definition) is 1. The van der Waals surface area contributed by atoms with E-state index in [1.54, 1.807) is 0 Å². The fourth-order valence-corrected chi connectivity index (χ4v) is 5.26. The van der Waals surface area contributed by atoms with Crippen LogP contribution >= 0.6 is 0 Å². The molecular weight excluding hydrogens is 168 g/mol. The Hall–Kier alpha value is -0.596. The molecule has 1 saturated heterocycles. The van der Waals surface area contributed by atoms with Crippen molar-refractivity contribution in [2.75, 3.05) is 0 Å². The standard InChI is InChI=1S/C4H6O4Si2/c5-1-2(6)4(8)10-9-3(1)7/h3,7H,9-10H2. The van der Waals surface area contributed by atoms with E-state index in [0.29, 0.717) is 0 Å². The normalized spacial score (nSPS) is 32.1. The van der Waals surface area contributed by atoms with Crippen LogP contribution in [0.1, 0.15) is 0 Å². The van der Waals surface area contributed by atoms with E-state index in [1.807, 2.05) is 0 Å². The maximum atomic E-state index is 10.6. The summed E-state index contributed by atoms with van der Waals surface area (Å²) in [7, 11) is -1.93. The van der Waals surface area contributed by atoms with E-state index in [4.69, 9.17) is 5.11 Å². The second kappa shape index (κ2) is 2.56. The van der Waals surface area contributed by atoms with Gasteiger partial charge in [-0.05, 0) is 0 Å². The van der Waals surface area contributed by atoms with Crippen LogP contribution in [0.15, 0.2) is 0 Å². The lowest BCUT2D eigenvalue weighted by Crippen LogP contribution is -2.49. The molecule has 1 heterocycles. The molecule has 0 aromatic heterocycles. The zero-order valence-corrected chi connectivity index (χ0v) is 7.99. The lowest BCUT2D eigenvalue weighted by atomic mass is 10.3. The molecule has 0 bridgehead atoms. The Balaban J connectivity index is 2.80. The van der Waals surface area contributed by atoms with E-state index in [-0.39, 0.29) is 0 Å². The Labute approximate surface area is 61.0 Å². The first kappa shape index (κ1) is 7.51. The highest BCUT2D eigenvalue weighted by Gasteiger charge is 2.34. The molecule has 0 aliphatic carbocycles. The molecule has 1 fully saturated rings. The van der Waals surface area contributed by atoms with Crippen LogP contribution in [0.3, 0.4) is 0 Å². The second-order valence-corrected chi connectivity index (χ2v) is 7.90. The van der Waals surface area contributed by atoms with Gasteiger partial charge in [0.05, 0.1) is 9.04 Å². The van der Waals surface area contributed by atoms with Gasteiger partial charge in [-0.25, -0.2) is 0 Å². The van der Waals surface area contributed by atoms with Gasteiger partial charge in [-0.15, -0.1) is 0 Å². The molecule has 0 saturated carbocycles. The van der Waals surface area contributed by atoms with E-state index in [0.717, 1.165) is 0 Å². The third-order valence-electron chi connectivity index (χ3n) is 1.42. The summed E-state index contributed by atoms with van der Waals surface area (Å²) in [5, 5.41) is 8.36. The van der Waals surface area contributed by atoms with Crippen molar-refractivity contribution in [1.29, 1.82) is 0 Å². The Morgan fingerprint density at radius 1 is 1.30 bits per heavy atom. The van der Waals surface area contributed by atoms with Gasteiger partial charge in [-0.2, -0.15) is 0 Å². The smallest absolute Gasteiger partial charge is 0.260 e. The zero-order chi connectivity index (χ0) is 7.72. The van der Waals surface area contributed by atoms with Crippen LogP contribution in [-0.4, -0.2) is 45.9 Å². The van der Waals surface area contributed by atoms with E-state index >= 15 is 0 Å². The van der Waals surface area contributed by atoms with Crippen LogP contribution in [0, 0.1) is 0 Å². The monoisotopic (exact) mass is 174 g/mol. The minimum atomic E-state index is -1.04. The summed E-state index contributed by atoms with van der Waals surface area (Å²) in [6, 6.07) is 0. The molecule has 1 N–H and O–H groups in total. The van der Waals surface area contributed by atoms with Gasteiger partial charge in [0, 0.05) is 0 Å². The largest absolute Gasteiger partial charge is 0.389 e. The maximum Gasteiger partial charge on any atom is 0.260 e. The lowest BCUT2D eigenvalue weighted by molar-refractivity contribution is -0.143. The summed E-state index contributed by atoms with van der Waals surface area (Å²) in [6.45, 7) is 0. The Morgan fingerprint density at radius 3 is 2.40 bits per heavy atom. The van der Waals surface area contributed by atoms with Crippen molar-refractivity contribution in [3.05, 3.63) is 0 Å². The average molecular weight is 174 g/mol. The second-order valence-electron chi connectivity index (χ2n) is 2.17. The van der Waals surface area contributed by atoms with Crippen LogP contribution in [-0.2, 0) is 14.4 Å². The van der Waals surface area contributed by atoms with Crippen molar-refractivity contribution in [1.82, 2.24) is 0 Å². The third kappa shape index (κ3) is 1.13. The van der Waals surface area contributed by atoms with Gasteiger partial charge in [0.25, 0.3) is 5.78 Å². The highest BCUT2D eigenvalue weighted by molar-refractivity contribution is 7.26. The van der Waals surface area contributed by atoms with Crippen LogP contribution in [0.5, 0.6) is 0 Å². The molecule has 1 aliphatic rings. The molecule has 1 atom stereocenters. The van der Waals surface area contributed by atoms with E-state index < -0.39 is 40.8 Å². The van der Waals surface area contributed by atoms with E-state index in [1.165, 1.54) is 0 Å². The van der Waals surface area contributed by atoms with Gasteiger partial charge in [-0.3, -0.25) is 14.4 Å². The average Bonchev–Trinajstić information content (AvgIpc) is 1.93. The molecule has 0 aromatic rings. The van der Waals surface area contributed by atoms with E-state index in [9.17, 15) is 14.4 Å². The maximum absolute atomic E-state index is 10.6. The summed E-state index contributed by atoms with van der Waals surface area (Å²) in [6.07, 6.45) is 0. The molecule has 0 amide bonds. The fourth-order valence-electron chi connectivity index (χ4n) is 0.801. The van der Waals surface area contributed by atoms with Gasteiger partial charge < -0.3 is 5.11 Å². The fraction of sp³-hybridized carbons (Fsp3) is 0.250. The van der Waals surface area contributed by atoms with Crippen molar-refractivity contribution in [3.8, 4) is 0 Å². The van der Waals surface area contributed by atoms with Crippen molar-refractivity contribution in [2.45, 2.75) is 5.73 Å². The summed E-state index contributed by atoms with van der Waals surface area (Å²) < 4.78 is 0. The van der Waals surface area contributed by atoms with Crippen LogP contribution in [0.2, 0.25) is 0 Å². The number of aliphatic hydroxyl groups is 1. The quantitative estimate of drug-likeness (QED) is 0.302. The lowest BCUT2D eigenvalue weighted by Gasteiger charge is -2.10. The first-order valence-corrected chi connectivity index (χ1v) is 8.44. The number of carbonyl (C=O) groups is 3. The minimum absolute atomic E-state index is 0.484. The zero-order valence-electron chi connectivity index (χ0n) is 5.16. The predicted octanol–water partition coefficient (Wildman–Crippen LogP) is -3.76. The number of ketones is 2. The van der Waals surface area contributed by atoms with Crippen molar-refractivity contribution < 1.29 is 19.5 Å². The Kier molecular flexibility index (Phi) is 1.93. The first-order chi connectivity index (χ1) is 4.63. The summed E-state index contributed by atoms with van der Waals surface area (Å²) in [4.78, 5) is 31.7.